The van der Waals surface area contributed by atoms with E-state index in [0.29, 0.717) is 18.7 Å². The standard InChI is InChI=1S/C13H15BrN4O2/c1-9-11(8-17(2)16-9)7-15-6-10-5-12(14)3-4-13(10)18(19)20/h3-5,8,15H,6-7H2,1-2H3. The third-order valence-electron chi connectivity index (χ3n) is 2.98. The van der Waals surface area contributed by atoms with Crippen LogP contribution in [0.15, 0.2) is 28.9 Å². The first-order valence-corrected chi connectivity index (χ1v) is 6.89. The average molecular weight is 339 g/mol. The average Bonchev–Trinajstić information content (AvgIpc) is 2.67. The monoisotopic (exact) mass is 338 g/mol. The lowest BCUT2D eigenvalue weighted by Gasteiger charge is -2.06. The van der Waals surface area contributed by atoms with E-state index in [4.69, 9.17) is 0 Å². The van der Waals surface area contributed by atoms with Gasteiger partial charge in [-0.15, -0.1) is 0 Å². The smallest absolute Gasteiger partial charge is 0.273 e. The van der Waals surface area contributed by atoms with Crippen molar-refractivity contribution in [1.82, 2.24) is 15.1 Å². The molecule has 2 aromatic rings. The quantitative estimate of drug-likeness (QED) is 0.671. The summed E-state index contributed by atoms with van der Waals surface area (Å²) in [5.41, 5.74) is 2.84. The third-order valence-corrected chi connectivity index (χ3v) is 3.48. The van der Waals surface area contributed by atoms with Gasteiger partial charge < -0.3 is 5.32 Å². The lowest BCUT2D eigenvalue weighted by molar-refractivity contribution is -0.385. The van der Waals surface area contributed by atoms with Crippen LogP contribution in [0.2, 0.25) is 0 Å². The Kier molecular flexibility index (Phi) is 4.51. The zero-order valence-electron chi connectivity index (χ0n) is 11.3. The summed E-state index contributed by atoms with van der Waals surface area (Å²) in [5.74, 6) is 0. The Hall–Kier alpha value is -1.73. The van der Waals surface area contributed by atoms with E-state index in [1.54, 1.807) is 16.8 Å². The van der Waals surface area contributed by atoms with Crippen LogP contribution in [-0.2, 0) is 20.1 Å². The van der Waals surface area contributed by atoms with Gasteiger partial charge in [-0.05, 0) is 19.1 Å². The largest absolute Gasteiger partial charge is 0.308 e. The molecule has 0 fully saturated rings. The second-order valence-electron chi connectivity index (χ2n) is 4.55. The summed E-state index contributed by atoms with van der Waals surface area (Å²) in [7, 11) is 1.87. The van der Waals surface area contributed by atoms with Crippen LogP contribution in [0.1, 0.15) is 16.8 Å². The molecule has 0 amide bonds. The van der Waals surface area contributed by atoms with Crippen molar-refractivity contribution in [1.29, 1.82) is 0 Å². The number of nitrogens with one attached hydrogen (secondary N) is 1. The molecule has 0 radical (unpaired) electrons. The summed E-state index contributed by atoms with van der Waals surface area (Å²) in [5, 5.41) is 18.4. The zero-order chi connectivity index (χ0) is 14.7. The highest BCUT2D eigenvalue weighted by atomic mass is 79.9. The van der Waals surface area contributed by atoms with Gasteiger partial charge in [-0.25, -0.2) is 0 Å². The molecular formula is C13H15BrN4O2. The minimum Gasteiger partial charge on any atom is -0.308 e. The van der Waals surface area contributed by atoms with Gasteiger partial charge in [0.2, 0.25) is 0 Å². The Labute approximate surface area is 125 Å². The predicted octanol–water partition coefficient (Wildman–Crippen LogP) is 2.69. The molecule has 0 unspecified atom stereocenters. The number of nitro benzene ring substituents is 1. The van der Waals surface area contributed by atoms with E-state index in [-0.39, 0.29) is 10.6 Å². The molecule has 0 aliphatic rings. The molecule has 20 heavy (non-hydrogen) atoms. The Morgan fingerprint density at radius 2 is 2.10 bits per heavy atom. The maximum atomic E-state index is 11.0. The first-order valence-electron chi connectivity index (χ1n) is 6.10. The van der Waals surface area contributed by atoms with Crippen molar-refractivity contribution in [2.24, 2.45) is 7.05 Å². The molecule has 0 aliphatic heterocycles. The topological polar surface area (TPSA) is 73.0 Å². The summed E-state index contributed by atoms with van der Waals surface area (Å²) >= 11 is 3.33. The molecule has 1 aromatic carbocycles. The van der Waals surface area contributed by atoms with E-state index in [1.807, 2.05) is 20.2 Å². The number of nitro groups is 1. The molecule has 1 N–H and O–H groups in total. The van der Waals surface area contributed by atoms with Gasteiger partial charge in [-0.1, -0.05) is 15.9 Å². The van der Waals surface area contributed by atoms with E-state index in [1.165, 1.54) is 6.07 Å². The van der Waals surface area contributed by atoms with Gasteiger partial charge >= 0.3 is 0 Å². The van der Waals surface area contributed by atoms with Crippen LogP contribution >= 0.6 is 15.9 Å². The van der Waals surface area contributed by atoms with Gasteiger partial charge in [-0.3, -0.25) is 14.8 Å². The number of hydrogen-bond donors (Lipinski definition) is 1. The van der Waals surface area contributed by atoms with Gasteiger partial charge in [-0.2, -0.15) is 5.10 Å². The molecule has 1 aromatic heterocycles. The van der Waals surface area contributed by atoms with Gasteiger partial charge in [0.25, 0.3) is 5.69 Å². The molecule has 0 aliphatic carbocycles. The predicted molar refractivity (Wildman–Crippen MR) is 79.3 cm³/mol. The maximum absolute atomic E-state index is 11.0. The minimum absolute atomic E-state index is 0.128. The van der Waals surface area contributed by atoms with Crippen LogP contribution in [0, 0.1) is 17.0 Å². The van der Waals surface area contributed by atoms with Crippen LogP contribution in [0.4, 0.5) is 5.69 Å². The summed E-state index contributed by atoms with van der Waals surface area (Å²) in [6.07, 6.45) is 1.94. The third kappa shape index (κ3) is 3.43. The molecular weight excluding hydrogens is 324 g/mol. The number of aromatic nitrogens is 2. The summed E-state index contributed by atoms with van der Waals surface area (Å²) in [6.45, 7) is 3.01. The van der Waals surface area contributed by atoms with E-state index in [2.05, 4.69) is 26.3 Å². The summed E-state index contributed by atoms with van der Waals surface area (Å²) < 4.78 is 2.59. The van der Waals surface area contributed by atoms with Gasteiger partial charge in [0.1, 0.15) is 0 Å². The molecule has 6 nitrogen and oxygen atoms in total. The number of aryl methyl sites for hydroxylation is 2. The minimum atomic E-state index is -0.362. The molecule has 7 heteroatoms. The fourth-order valence-electron chi connectivity index (χ4n) is 2.03. The van der Waals surface area contributed by atoms with E-state index < -0.39 is 0 Å². The lowest BCUT2D eigenvalue weighted by Crippen LogP contribution is -2.14. The van der Waals surface area contributed by atoms with E-state index >= 15 is 0 Å². The highest BCUT2D eigenvalue weighted by molar-refractivity contribution is 9.10. The van der Waals surface area contributed by atoms with E-state index in [9.17, 15) is 10.1 Å². The highest BCUT2D eigenvalue weighted by Crippen LogP contribution is 2.23. The number of rotatable bonds is 5. The van der Waals surface area contributed by atoms with Crippen molar-refractivity contribution in [3.63, 3.8) is 0 Å². The molecule has 0 atom stereocenters. The zero-order valence-corrected chi connectivity index (χ0v) is 12.8. The van der Waals surface area contributed by atoms with Crippen molar-refractivity contribution < 1.29 is 4.92 Å². The summed E-state index contributed by atoms with van der Waals surface area (Å²) in [4.78, 5) is 10.6. The highest BCUT2D eigenvalue weighted by Gasteiger charge is 2.13. The number of nitrogens with zero attached hydrogens (tertiary/aromatic N) is 3. The van der Waals surface area contributed by atoms with Crippen molar-refractivity contribution in [2.45, 2.75) is 20.0 Å². The molecule has 0 saturated heterocycles. The van der Waals surface area contributed by atoms with Gasteiger partial charge in [0.05, 0.1) is 10.6 Å². The van der Waals surface area contributed by atoms with Gasteiger partial charge in [0, 0.05) is 48.0 Å². The van der Waals surface area contributed by atoms with Crippen molar-refractivity contribution >= 4 is 21.6 Å². The Morgan fingerprint density at radius 1 is 1.40 bits per heavy atom. The molecule has 1 heterocycles. The SMILES string of the molecule is Cc1nn(C)cc1CNCc1cc(Br)ccc1[N+](=O)[O-]. The fraction of sp³-hybridized carbons (Fsp3) is 0.308. The van der Waals surface area contributed by atoms with Crippen LogP contribution < -0.4 is 5.32 Å². The molecule has 106 valence electrons. The first kappa shape index (κ1) is 14.7. The molecule has 0 spiro atoms. The van der Waals surface area contributed by atoms with Crippen molar-refractivity contribution in [3.05, 3.63) is 55.8 Å². The normalized spacial score (nSPS) is 10.8. The van der Waals surface area contributed by atoms with Crippen LogP contribution in [0.5, 0.6) is 0 Å². The van der Waals surface area contributed by atoms with Crippen LogP contribution in [-0.4, -0.2) is 14.7 Å². The lowest BCUT2D eigenvalue weighted by atomic mass is 10.1. The molecule has 0 bridgehead atoms. The van der Waals surface area contributed by atoms with Crippen molar-refractivity contribution in [3.8, 4) is 0 Å². The second-order valence-corrected chi connectivity index (χ2v) is 5.46. The fourth-order valence-corrected chi connectivity index (χ4v) is 2.44. The van der Waals surface area contributed by atoms with Crippen LogP contribution in [0.3, 0.4) is 0 Å². The number of halogens is 1. The van der Waals surface area contributed by atoms with Gasteiger partial charge in [0.15, 0.2) is 0 Å². The molecule has 0 saturated carbocycles. The van der Waals surface area contributed by atoms with Crippen LogP contribution in [0.25, 0.3) is 0 Å². The van der Waals surface area contributed by atoms with E-state index in [0.717, 1.165) is 15.7 Å². The summed E-state index contributed by atoms with van der Waals surface area (Å²) in [6, 6.07) is 4.95. The molecule has 2 rings (SSSR count). The maximum Gasteiger partial charge on any atom is 0.273 e. The first-order chi connectivity index (χ1) is 9.47. The second kappa shape index (κ2) is 6.15. The number of benzene rings is 1. The Bertz CT molecular complexity index is 639. The Morgan fingerprint density at radius 3 is 2.70 bits per heavy atom. The Balaban J connectivity index is 2.05. The number of hydrogen-bond acceptors (Lipinski definition) is 4. The van der Waals surface area contributed by atoms with Crippen molar-refractivity contribution in [2.75, 3.05) is 0 Å².